The molecule has 0 aliphatic carbocycles. The molecule has 1 rings (SSSR count). The molecule has 0 spiro atoms. The van der Waals surface area contributed by atoms with Gasteiger partial charge in [0, 0.05) is 6.92 Å². The third-order valence-corrected chi connectivity index (χ3v) is 1.29. The second kappa shape index (κ2) is 3.53. The van der Waals surface area contributed by atoms with Crippen LogP contribution in [0.4, 0.5) is 5.82 Å². The zero-order valence-electron chi connectivity index (χ0n) is 6.83. The van der Waals surface area contributed by atoms with E-state index in [4.69, 9.17) is 10.00 Å². The van der Waals surface area contributed by atoms with Crippen molar-refractivity contribution in [2.75, 3.05) is 7.11 Å². The Morgan fingerprint density at radius 3 is 3.17 bits per heavy atom. The minimum absolute atomic E-state index is 0.339. The van der Waals surface area contributed by atoms with Gasteiger partial charge in [-0.3, -0.25) is 0 Å². The highest BCUT2D eigenvalue weighted by Crippen LogP contribution is 2.11. The standard InChI is InChI=1S/C7H8N4O/c1-5(12-2)11-7-6(3-8)9-4-10-7/h4H,1-2H3,(H,9,10). The van der Waals surface area contributed by atoms with Gasteiger partial charge in [0.2, 0.25) is 0 Å². The summed E-state index contributed by atoms with van der Waals surface area (Å²) in [5, 5.41) is 8.56. The van der Waals surface area contributed by atoms with Crippen molar-refractivity contribution in [1.82, 2.24) is 9.97 Å². The first-order chi connectivity index (χ1) is 5.77. The van der Waals surface area contributed by atoms with Crippen LogP contribution in [0.2, 0.25) is 0 Å². The number of nitriles is 1. The Bertz CT molecular complexity index is 333. The maximum atomic E-state index is 8.56. The summed E-state index contributed by atoms with van der Waals surface area (Å²) >= 11 is 0. The Labute approximate surface area is 69.7 Å². The summed E-state index contributed by atoms with van der Waals surface area (Å²) in [6.45, 7) is 1.69. The quantitative estimate of drug-likeness (QED) is 0.496. The van der Waals surface area contributed by atoms with E-state index in [-0.39, 0.29) is 0 Å². The second-order valence-corrected chi connectivity index (χ2v) is 2.05. The number of nitrogens with zero attached hydrogens (tertiary/aromatic N) is 3. The van der Waals surface area contributed by atoms with E-state index >= 15 is 0 Å². The topological polar surface area (TPSA) is 74.1 Å². The molecule has 0 aliphatic heterocycles. The van der Waals surface area contributed by atoms with E-state index in [1.807, 2.05) is 6.07 Å². The van der Waals surface area contributed by atoms with Crippen molar-refractivity contribution in [3.8, 4) is 6.07 Å². The zero-order valence-corrected chi connectivity index (χ0v) is 6.83. The first-order valence-corrected chi connectivity index (χ1v) is 3.30. The van der Waals surface area contributed by atoms with Crippen LogP contribution in [0.25, 0.3) is 0 Å². The molecule has 0 unspecified atom stereocenters. The monoisotopic (exact) mass is 164 g/mol. The van der Waals surface area contributed by atoms with Crippen molar-refractivity contribution in [1.29, 1.82) is 5.26 Å². The minimum Gasteiger partial charge on any atom is -0.484 e. The van der Waals surface area contributed by atoms with Gasteiger partial charge in [-0.25, -0.2) is 4.98 Å². The van der Waals surface area contributed by atoms with E-state index in [1.54, 1.807) is 6.92 Å². The van der Waals surface area contributed by atoms with Gasteiger partial charge in [-0.05, 0) is 0 Å². The lowest BCUT2D eigenvalue weighted by Crippen LogP contribution is -1.92. The number of hydrogen-bond acceptors (Lipinski definition) is 4. The molecule has 0 amide bonds. The molecule has 0 aliphatic rings. The Balaban J connectivity index is 2.97. The predicted octanol–water partition coefficient (Wildman–Crippen LogP) is 0.978. The van der Waals surface area contributed by atoms with Crippen LogP contribution >= 0.6 is 0 Å². The Morgan fingerprint density at radius 2 is 2.58 bits per heavy atom. The summed E-state index contributed by atoms with van der Waals surface area (Å²) in [6.07, 6.45) is 1.42. The van der Waals surface area contributed by atoms with Crippen molar-refractivity contribution in [3.63, 3.8) is 0 Å². The van der Waals surface area contributed by atoms with E-state index < -0.39 is 0 Å². The van der Waals surface area contributed by atoms with Gasteiger partial charge >= 0.3 is 0 Å². The van der Waals surface area contributed by atoms with Crippen molar-refractivity contribution in [2.24, 2.45) is 4.99 Å². The van der Waals surface area contributed by atoms with E-state index in [0.29, 0.717) is 17.4 Å². The van der Waals surface area contributed by atoms with Crippen LogP contribution < -0.4 is 0 Å². The number of hydrogen-bond donors (Lipinski definition) is 1. The Hall–Kier alpha value is -1.83. The van der Waals surface area contributed by atoms with Crippen LogP contribution in [-0.4, -0.2) is 23.0 Å². The molecule has 0 saturated carbocycles. The summed E-state index contributed by atoms with van der Waals surface area (Å²) in [6, 6.07) is 1.92. The van der Waals surface area contributed by atoms with Gasteiger partial charge in [0.05, 0.1) is 13.4 Å². The van der Waals surface area contributed by atoms with Crippen LogP contribution in [0, 0.1) is 11.3 Å². The lowest BCUT2D eigenvalue weighted by atomic mass is 10.5. The maximum Gasteiger partial charge on any atom is 0.191 e. The van der Waals surface area contributed by atoms with Gasteiger partial charge in [0.15, 0.2) is 17.4 Å². The molecule has 1 aromatic rings. The van der Waals surface area contributed by atoms with Crippen molar-refractivity contribution >= 4 is 11.7 Å². The molecule has 0 bridgehead atoms. The lowest BCUT2D eigenvalue weighted by molar-refractivity contribution is 0.400. The van der Waals surface area contributed by atoms with Crippen LogP contribution in [0.3, 0.4) is 0 Å². The third-order valence-electron chi connectivity index (χ3n) is 1.29. The summed E-state index contributed by atoms with van der Waals surface area (Å²) in [4.78, 5) is 10.4. The molecule has 0 aromatic carbocycles. The summed E-state index contributed by atoms with van der Waals surface area (Å²) < 4.78 is 4.81. The molecule has 5 nitrogen and oxygen atoms in total. The number of ether oxygens (including phenoxy) is 1. The van der Waals surface area contributed by atoms with E-state index in [1.165, 1.54) is 13.4 Å². The van der Waals surface area contributed by atoms with Crippen LogP contribution in [0.15, 0.2) is 11.3 Å². The molecular weight excluding hydrogens is 156 g/mol. The lowest BCUT2D eigenvalue weighted by Gasteiger charge is -1.94. The predicted molar refractivity (Wildman–Crippen MR) is 43.1 cm³/mol. The Morgan fingerprint density at radius 1 is 1.83 bits per heavy atom. The number of imidazole rings is 1. The molecule has 0 radical (unpaired) electrons. The Kier molecular flexibility index (Phi) is 2.43. The summed E-state index contributed by atoms with van der Waals surface area (Å²) in [5.74, 6) is 0.829. The number of rotatable bonds is 1. The van der Waals surface area contributed by atoms with Gasteiger partial charge < -0.3 is 9.72 Å². The maximum absolute atomic E-state index is 8.56. The normalized spacial score (nSPS) is 10.9. The first kappa shape index (κ1) is 8.27. The fraction of sp³-hybridized carbons (Fsp3) is 0.286. The number of aromatic amines is 1. The SMILES string of the molecule is COC(C)=Nc1nc[nH]c1C#N. The van der Waals surface area contributed by atoms with E-state index in [2.05, 4.69) is 15.0 Å². The molecule has 0 fully saturated rings. The van der Waals surface area contributed by atoms with Crippen LogP contribution in [0.5, 0.6) is 0 Å². The highest BCUT2D eigenvalue weighted by molar-refractivity contribution is 5.76. The zero-order chi connectivity index (χ0) is 8.97. The third kappa shape index (κ3) is 1.61. The first-order valence-electron chi connectivity index (χ1n) is 3.30. The molecule has 5 heteroatoms. The van der Waals surface area contributed by atoms with Crippen LogP contribution in [0.1, 0.15) is 12.6 Å². The molecule has 62 valence electrons. The van der Waals surface area contributed by atoms with E-state index in [0.717, 1.165) is 0 Å². The molecular formula is C7H8N4O. The smallest absolute Gasteiger partial charge is 0.191 e. The molecule has 1 heterocycles. The molecule has 0 atom stereocenters. The average Bonchev–Trinajstić information content (AvgIpc) is 2.51. The number of aliphatic imine (C=N–C) groups is 1. The van der Waals surface area contributed by atoms with E-state index in [9.17, 15) is 0 Å². The van der Waals surface area contributed by atoms with Gasteiger partial charge in [-0.2, -0.15) is 10.3 Å². The number of aromatic nitrogens is 2. The van der Waals surface area contributed by atoms with Gasteiger partial charge in [0.1, 0.15) is 6.07 Å². The molecule has 1 aromatic heterocycles. The van der Waals surface area contributed by atoms with Crippen molar-refractivity contribution < 1.29 is 4.74 Å². The highest BCUT2D eigenvalue weighted by Gasteiger charge is 2.02. The van der Waals surface area contributed by atoms with Gasteiger partial charge in [-0.15, -0.1) is 0 Å². The fourth-order valence-corrected chi connectivity index (χ4v) is 0.649. The average molecular weight is 164 g/mol. The summed E-state index contributed by atoms with van der Waals surface area (Å²) in [5.41, 5.74) is 0.339. The van der Waals surface area contributed by atoms with Crippen molar-refractivity contribution in [3.05, 3.63) is 12.0 Å². The molecule has 0 saturated heterocycles. The number of methoxy groups -OCH3 is 1. The van der Waals surface area contributed by atoms with Crippen LogP contribution in [-0.2, 0) is 4.74 Å². The molecule has 12 heavy (non-hydrogen) atoms. The summed E-state index contributed by atoms with van der Waals surface area (Å²) in [7, 11) is 1.51. The van der Waals surface area contributed by atoms with Gasteiger partial charge in [0.25, 0.3) is 0 Å². The number of nitrogens with one attached hydrogen (secondary N) is 1. The fourth-order valence-electron chi connectivity index (χ4n) is 0.649. The minimum atomic E-state index is 0.339. The highest BCUT2D eigenvalue weighted by atomic mass is 16.5. The van der Waals surface area contributed by atoms with Gasteiger partial charge in [-0.1, -0.05) is 0 Å². The number of H-pyrrole nitrogens is 1. The second-order valence-electron chi connectivity index (χ2n) is 2.05. The largest absolute Gasteiger partial charge is 0.484 e. The molecule has 1 N–H and O–H groups in total. The van der Waals surface area contributed by atoms with Crippen molar-refractivity contribution in [2.45, 2.75) is 6.92 Å².